The minimum absolute atomic E-state index is 0.0516. The van der Waals surface area contributed by atoms with Gasteiger partial charge in [0, 0.05) is 36.9 Å². The molecule has 2 aromatic rings. The van der Waals surface area contributed by atoms with Crippen molar-refractivity contribution < 1.29 is 9.90 Å². The maximum absolute atomic E-state index is 13.3. The Hall–Kier alpha value is -2.36. The van der Waals surface area contributed by atoms with Gasteiger partial charge in [0.2, 0.25) is 5.91 Å². The first-order valence-electron chi connectivity index (χ1n) is 11.3. The molecule has 1 N–H and O–H groups in total. The van der Waals surface area contributed by atoms with E-state index in [1.165, 1.54) is 11.1 Å². The minimum atomic E-state index is -0.0516. The van der Waals surface area contributed by atoms with Crippen LogP contribution in [0.4, 0.5) is 0 Å². The quantitative estimate of drug-likeness (QED) is 0.765. The summed E-state index contributed by atoms with van der Waals surface area (Å²) < 4.78 is 2.30. The number of nitriles is 1. The summed E-state index contributed by atoms with van der Waals surface area (Å²) in [7, 11) is 0. The average molecular weight is 409 g/mol. The van der Waals surface area contributed by atoms with E-state index in [0.717, 1.165) is 63.7 Å². The van der Waals surface area contributed by atoms with Crippen molar-refractivity contribution in [2.45, 2.75) is 64.1 Å². The number of rotatable bonds is 7. The smallest absolute Gasteiger partial charge is 0.240 e. The number of aryl methyl sites for hydroxylation is 2. The second-order valence-electron chi connectivity index (χ2n) is 8.55. The van der Waals surface area contributed by atoms with Crippen LogP contribution in [-0.2, 0) is 17.8 Å². The molecular formula is C24H32N4O2. The number of β-amino-alcohol motifs (C(OH)–C–C–N with tert-alkyl or cyclic N) is 1. The van der Waals surface area contributed by atoms with Gasteiger partial charge in [0.05, 0.1) is 24.3 Å². The molecule has 0 spiro atoms. The molecule has 1 aromatic heterocycles. The lowest BCUT2D eigenvalue weighted by atomic mass is 10.1. The van der Waals surface area contributed by atoms with E-state index < -0.39 is 0 Å². The van der Waals surface area contributed by atoms with Gasteiger partial charge < -0.3 is 14.6 Å². The van der Waals surface area contributed by atoms with Crippen LogP contribution in [0.15, 0.2) is 24.3 Å². The predicted octanol–water partition coefficient (Wildman–Crippen LogP) is 2.91. The topological polar surface area (TPSA) is 72.5 Å². The number of fused-ring (bicyclic) bond motifs is 1. The molecule has 0 bridgehead atoms. The van der Waals surface area contributed by atoms with Crippen molar-refractivity contribution in [3.8, 4) is 6.07 Å². The number of carbonyl (C=O) groups excluding carboxylic acids is 1. The number of hydrogen-bond donors (Lipinski definition) is 1. The second kappa shape index (κ2) is 9.20. The first-order chi connectivity index (χ1) is 14.7. The molecule has 2 aliphatic heterocycles. The van der Waals surface area contributed by atoms with E-state index in [2.05, 4.69) is 33.4 Å². The summed E-state index contributed by atoms with van der Waals surface area (Å²) in [4.78, 5) is 17.5. The van der Waals surface area contributed by atoms with Gasteiger partial charge in [-0.25, -0.2) is 0 Å². The summed E-state index contributed by atoms with van der Waals surface area (Å²) in [5.74, 6) is 0.262. The van der Waals surface area contributed by atoms with E-state index in [0.29, 0.717) is 18.2 Å². The summed E-state index contributed by atoms with van der Waals surface area (Å²) in [5.41, 5.74) is 3.10. The van der Waals surface area contributed by atoms with Crippen molar-refractivity contribution in [3.05, 3.63) is 35.5 Å². The molecule has 2 aliphatic rings. The second-order valence-corrected chi connectivity index (χ2v) is 8.55. The molecule has 3 heterocycles. The third kappa shape index (κ3) is 3.97. The van der Waals surface area contributed by atoms with Crippen molar-refractivity contribution in [2.24, 2.45) is 0 Å². The zero-order chi connectivity index (χ0) is 21.1. The number of nitrogens with zero attached hydrogens (tertiary/aromatic N) is 4. The molecule has 2 fully saturated rings. The van der Waals surface area contributed by atoms with Crippen LogP contribution in [0.2, 0.25) is 0 Å². The van der Waals surface area contributed by atoms with Crippen LogP contribution in [0.25, 0.3) is 10.9 Å². The summed E-state index contributed by atoms with van der Waals surface area (Å²) in [5, 5.41) is 19.7. The van der Waals surface area contributed by atoms with Crippen molar-refractivity contribution in [1.82, 2.24) is 14.4 Å². The summed E-state index contributed by atoms with van der Waals surface area (Å²) in [6.45, 7) is 5.49. The lowest BCUT2D eigenvalue weighted by molar-refractivity contribution is -0.137. The molecule has 1 aromatic carbocycles. The molecule has 4 rings (SSSR count). The fraction of sp³-hybridized carbons (Fsp3) is 0.583. The largest absolute Gasteiger partial charge is 0.395 e. The number of aliphatic hydroxyl groups is 1. The van der Waals surface area contributed by atoms with Gasteiger partial charge in [0.15, 0.2) is 0 Å². The van der Waals surface area contributed by atoms with E-state index in [9.17, 15) is 15.2 Å². The number of hydrogen-bond acceptors (Lipinski definition) is 4. The average Bonchev–Trinajstić information content (AvgIpc) is 3.49. The summed E-state index contributed by atoms with van der Waals surface area (Å²) >= 11 is 0. The Morgan fingerprint density at radius 2 is 2.07 bits per heavy atom. The number of likely N-dealkylation sites (tertiary alicyclic amines) is 2. The molecule has 160 valence electrons. The lowest BCUT2D eigenvalue weighted by Crippen LogP contribution is -2.48. The van der Waals surface area contributed by atoms with Crippen molar-refractivity contribution in [2.75, 3.05) is 26.2 Å². The highest BCUT2D eigenvalue weighted by atomic mass is 16.3. The van der Waals surface area contributed by atoms with Crippen LogP contribution in [0.5, 0.6) is 0 Å². The van der Waals surface area contributed by atoms with Gasteiger partial charge in [0.25, 0.3) is 0 Å². The molecule has 0 radical (unpaired) electrons. The Labute approximate surface area is 178 Å². The van der Waals surface area contributed by atoms with E-state index in [1.54, 1.807) is 0 Å². The molecule has 0 unspecified atom stereocenters. The van der Waals surface area contributed by atoms with E-state index in [-0.39, 0.29) is 18.6 Å². The normalized spacial score (nSPS) is 22.1. The third-order valence-corrected chi connectivity index (χ3v) is 6.87. The van der Waals surface area contributed by atoms with Crippen LogP contribution in [0, 0.1) is 11.3 Å². The number of aromatic nitrogens is 1. The number of carbonyl (C=O) groups is 1. The standard InChI is InChI=1S/C24H32N4O2/c1-2-27-21(16-19-8-7-18(17-25)15-23(19)27)10-9-20-5-3-12-28(20)24(30)22-6-4-11-26(22)13-14-29/h7-8,15-16,20,22,29H,2-6,9-14H2,1H3/t20-,22+/m0/s1. The lowest BCUT2D eigenvalue weighted by Gasteiger charge is -2.31. The van der Waals surface area contributed by atoms with Gasteiger partial charge in [-0.15, -0.1) is 0 Å². The number of aliphatic hydroxyl groups excluding tert-OH is 1. The monoisotopic (exact) mass is 408 g/mol. The van der Waals surface area contributed by atoms with Gasteiger partial charge >= 0.3 is 0 Å². The van der Waals surface area contributed by atoms with Crippen LogP contribution >= 0.6 is 0 Å². The summed E-state index contributed by atoms with van der Waals surface area (Å²) in [6, 6.07) is 10.6. The first kappa shape index (κ1) is 20.9. The van der Waals surface area contributed by atoms with Crippen LogP contribution in [-0.4, -0.2) is 63.7 Å². The van der Waals surface area contributed by atoms with Gasteiger partial charge in [-0.3, -0.25) is 9.69 Å². The first-order valence-corrected chi connectivity index (χ1v) is 11.3. The maximum Gasteiger partial charge on any atom is 0.240 e. The Morgan fingerprint density at radius 1 is 1.23 bits per heavy atom. The number of benzene rings is 1. The minimum Gasteiger partial charge on any atom is -0.395 e. The van der Waals surface area contributed by atoms with Gasteiger partial charge in [0.1, 0.15) is 0 Å². The van der Waals surface area contributed by atoms with Gasteiger partial charge in [-0.2, -0.15) is 5.26 Å². The van der Waals surface area contributed by atoms with E-state index in [1.807, 2.05) is 18.2 Å². The highest BCUT2D eigenvalue weighted by molar-refractivity contribution is 5.83. The Bertz CT molecular complexity index is 945. The third-order valence-electron chi connectivity index (χ3n) is 6.87. The van der Waals surface area contributed by atoms with Crippen LogP contribution in [0.1, 0.15) is 50.3 Å². The molecule has 2 atom stereocenters. The fourth-order valence-electron chi connectivity index (χ4n) is 5.40. The van der Waals surface area contributed by atoms with E-state index >= 15 is 0 Å². The molecule has 30 heavy (non-hydrogen) atoms. The maximum atomic E-state index is 13.3. The molecule has 6 nitrogen and oxygen atoms in total. The Balaban J connectivity index is 1.47. The van der Waals surface area contributed by atoms with E-state index in [4.69, 9.17) is 0 Å². The Morgan fingerprint density at radius 3 is 2.83 bits per heavy atom. The fourth-order valence-corrected chi connectivity index (χ4v) is 5.40. The highest BCUT2D eigenvalue weighted by Crippen LogP contribution is 2.28. The Kier molecular flexibility index (Phi) is 6.40. The molecule has 0 saturated carbocycles. The molecule has 6 heteroatoms. The molecule has 2 saturated heterocycles. The SMILES string of the molecule is CCn1c(CC[C@@H]2CCCN2C(=O)[C@H]2CCCN2CCO)cc2ccc(C#N)cc21. The zero-order valence-electron chi connectivity index (χ0n) is 17.9. The zero-order valence-corrected chi connectivity index (χ0v) is 17.9. The van der Waals surface area contributed by atoms with Crippen molar-refractivity contribution >= 4 is 16.8 Å². The summed E-state index contributed by atoms with van der Waals surface area (Å²) in [6.07, 6.45) is 6.00. The van der Waals surface area contributed by atoms with Gasteiger partial charge in [-0.05, 0) is 75.6 Å². The van der Waals surface area contributed by atoms with Crippen molar-refractivity contribution in [3.63, 3.8) is 0 Å². The number of amides is 1. The molecule has 1 amide bonds. The van der Waals surface area contributed by atoms with Crippen molar-refractivity contribution in [1.29, 1.82) is 5.26 Å². The molecular weight excluding hydrogens is 376 g/mol. The highest BCUT2D eigenvalue weighted by Gasteiger charge is 2.37. The predicted molar refractivity (Wildman–Crippen MR) is 117 cm³/mol. The molecule has 0 aliphatic carbocycles. The van der Waals surface area contributed by atoms with Crippen LogP contribution < -0.4 is 0 Å². The van der Waals surface area contributed by atoms with Gasteiger partial charge in [-0.1, -0.05) is 6.07 Å². The van der Waals surface area contributed by atoms with Crippen LogP contribution in [0.3, 0.4) is 0 Å².